The third kappa shape index (κ3) is 1.48. The Balaban J connectivity index is 1.89. The third-order valence-corrected chi connectivity index (χ3v) is 4.47. The highest BCUT2D eigenvalue weighted by molar-refractivity contribution is 5.74. The molecule has 4 fully saturated rings. The van der Waals surface area contributed by atoms with Crippen LogP contribution in [0.1, 0.15) is 45.4 Å². The van der Waals surface area contributed by atoms with Gasteiger partial charge < -0.3 is 10.4 Å². The first-order valence-corrected chi connectivity index (χ1v) is 6.00. The van der Waals surface area contributed by atoms with Crippen molar-refractivity contribution in [3.8, 4) is 0 Å². The van der Waals surface area contributed by atoms with E-state index >= 15 is 0 Å². The van der Waals surface area contributed by atoms with Gasteiger partial charge in [0.15, 0.2) is 0 Å². The monoisotopic (exact) mass is 209 g/mol. The summed E-state index contributed by atoms with van der Waals surface area (Å²) in [4.78, 5) is 11.2. The number of carbonyl (C=O) groups is 1. The van der Waals surface area contributed by atoms with Crippen molar-refractivity contribution in [1.29, 1.82) is 0 Å². The smallest absolute Gasteiger partial charge is 0.217 e. The third-order valence-electron chi connectivity index (χ3n) is 4.47. The summed E-state index contributed by atoms with van der Waals surface area (Å²) in [5, 5.41) is 13.5. The molecule has 0 aromatic rings. The van der Waals surface area contributed by atoms with Crippen LogP contribution in [0.4, 0.5) is 0 Å². The molecule has 2 N–H and O–H groups in total. The van der Waals surface area contributed by atoms with E-state index in [1.54, 1.807) is 6.92 Å². The number of aliphatic hydroxyl groups is 1. The van der Waals surface area contributed by atoms with E-state index in [2.05, 4.69) is 5.32 Å². The number of carbonyl (C=O) groups excluding carboxylic acids is 1. The summed E-state index contributed by atoms with van der Waals surface area (Å²) in [5.74, 6) is 1.34. The van der Waals surface area contributed by atoms with Crippen LogP contribution in [0, 0.1) is 11.8 Å². The second-order valence-electron chi connectivity index (χ2n) is 6.15. The quantitative estimate of drug-likeness (QED) is 0.682. The average Bonchev–Trinajstić information content (AvgIpc) is 1.94. The summed E-state index contributed by atoms with van der Waals surface area (Å²) in [5.41, 5.74) is -0.531. The SMILES string of the molecule is CC(=O)NC12C[C@H]3C[C@@H](CC(O)(C3)C1)C2. The number of hydrogen-bond donors (Lipinski definition) is 2. The lowest BCUT2D eigenvalue weighted by Crippen LogP contribution is -2.65. The second kappa shape index (κ2) is 2.76. The topological polar surface area (TPSA) is 49.3 Å². The molecular weight excluding hydrogens is 190 g/mol. The number of rotatable bonds is 1. The van der Waals surface area contributed by atoms with Crippen LogP contribution in [0.3, 0.4) is 0 Å². The van der Waals surface area contributed by atoms with E-state index in [9.17, 15) is 9.90 Å². The van der Waals surface area contributed by atoms with E-state index in [4.69, 9.17) is 0 Å². The van der Waals surface area contributed by atoms with Gasteiger partial charge in [0, 0.05) is 12.5 Å². The summed E-state index contributed by atoms with van der Waals surface area (Å²) < 4.78 is 0. The Morgan fingerprint density at radius 1 is 1.27 bits per heavy atom. The Morgan fingerprint density at radius 3 is 2.33 bits per heavy atom. The fourth-order valence-electron chi connectivity index (χ4n) is 4.73. The molecule has 15 heavy (non-hydrogen) atoms. The summed E-state index contributed by atoms with van der Waals surface area (Å²) in [6, 6.07) is 0. The van der Waals surface area contributed by atoms with Crippen molar-refractivity contribution in [1.82, 2.24) is 5.32 Å². The zero-order valence-electron chi connectivity index (χ0n) is 9.25. The maximum atomic E-state index is 11.2. The first-order chi connectivity index (χ1) is 6.99. The van der Waals surface area contributed by atoms with Crippen LogP contribution >= 0.6 is 0 Å². The molecule has 0 saturated heterocycles. The van der Waals surface area contributed by atoms with Gasteiger partial charge in [0.2, 0.25) is 5.91 Å². The second-order valence-corrected chi connectivity index (χ2v) is 6.15. The van der Waals surface area contributed by atoms with Crippen molar-refractivity contribution < 1.29 is 9.90 Å². The van der Waals surface area contributed by atoms with Crippen LogP contribution in [-0.2, 0) is 4.79 Å². The minimum absolute atomic E-state index is 0.0561. The van der Waals surface area contributed by atoms with E-state index in [0.29, 0.717) is 11.8 Å². The van der Waals surface area contributed by atoms with Gasteiger partial charge >= 0.3 is 0 Å². The molecule has 4 aliphatic carbocycles. The maximum absolute atomic E-state index is 11.2. The minimum atomic E-state index is -0.466. The Bertz CT molecular complexity index is 299. The number of hydrogen-bond acceptors (Lipinski definition) is 2. The van der Waals surface area contributed by atoms with Crippen LogP contribution in [0.5, 0.6) is 0 Å². The predicted octanol–water partition coefficient (Wildman–Crippen LogP) is 1.21. The lowest BCUT2D eigenvalue weighted by Gasteiger charge is -2.60. The average molecular weight is 209 g/mol. The molecule has 0 aromatic carbocycles. The highest BCUT2D eigenvalue weighted by Gasteiger charge is 2.57. The molecule has 0 radical (unpaired) electrons. The molecule has 4 saturated carbocycles. The summed E-state index contributed by atoms with van der Waals surface area (Å²) >= 11 is 0. The molecule has 3 heteroatoms. The van der Waals surface area contributed by atoms with E-state index in [1.807, 2.05) is 0 Å². The van der Waals surface area contributed by atoms with E-state index in [-0.39, 0.29) is 11.4 Å². The largest absolute Gasteiger partial charge is 0.390 e. The standard InChI is InChI=1S/C12H19NO2/c1-8(14)13-11-3-9-2-10(4-11)6-12(15,5-9)7-11/h9-10,15H,2-7H2,1H3,(H,13,14)/t9-,10-,11?,12?/m1/s1. The number of nitrogens with one attached hydrogen (secondary N) is 1. The van der Waals surface area contributed by atoms with Crippen molar-refractivity contribution in [2.45, 2.75) is 56.6 Å². The molecule has 0 aromatic heterocycles. The Kier molecular flexibility index (Phi) is 1.77. The fourth-order valence-corrected chi connectivity index (χ4v) is 4.73. The van der Waals surface area contributed by atoms with Gasteiger partial charge in [-0.25, -0.2) is 0 Å². The van der Waals surface area contributed by atoms with Crippen LogP contribution in [0.25, 0.3) is 0 Å². The van der Waals surface area contributed by atoms with Gasteiger partial charge in [-0.1, -0.05) is 0 Å². The molecule has 4 aliphatic rings. The van der Waals surface area contributed by atoms with Crippen LogP contribution in [0.2, 0.25) is 0 Å². The maximum Gasteiger partial charge on any atom is 0.217 e. The highest BCUT2D eigenvalue weighted by atomic mass is 16.3. The van der Waals surface area contributed by atoms with Gasteiger partial charge in [-0.15, -0.1) is 0 Å². The van der Waals surface area contributed by atoms with E-state index in [0.717, 1.165) is 32.1 Å². The molecule has 4 bridgehead atoms. The molecule has 3 nitrogen and oxygen atoms in total. The van der Waals surface area contributed by atoms with Gasteiger partial charge in [-0.2, -0.15) is 0 Å². The molecule has 0 aliphatic heterocycles. The molecule has 0 heterocycles. The van der Waals surface area contributed by atoms with Crippen LogP contribution in [0.15, 0.2) is 0 Å². The molecule has 2 atom stereocenters. The van der Waals surface area contributed by atoms with Crippen molar-refractivity contribution in [3.05, 3.63) is 0 Å². The molecular formula is C12H19NO2. The zero-order chi connectivity index (χ0) is 10.7. The van der Waals surface area contributed by atoms with Crippen LogP contribution in [-0.4, -0.2) is 22.2 Å². The lowest BCUT2D eigenvalue weighted by molar-refractivity contribution is -0.149. The van der Waals surface area contributed by atoms with Crippen molar-refractivity contribution in [2.24, 2.45) is 11.8 Å². The fraction of sp³-hybridized carbons (Fsp3) is 0.917. The molecule has 0 spiro atoms. The molecule has 4 rings (SSSR count). The molecule has 1 amide bonds. The van der Waals surface area contributed by atoms with Gasteiger partial charge in [0.25, 0.3) is 0 Å². The molecule has 84 valence electrons. The van der Waals surface area contributed by atoms with E-state index < -0.39 is 5.60 Å². The normalized spacial score (nSPS) is 51.9. The van der Waals surface area contributed by atoms with Gasteiger partial charge in [-0.05, 0) is 50.4 Å². The summed E-state index contributed by atoms with van der Waals surface area (Å²) in [6.45, 7) is 1.59. The highest BCUT2D eigenvalue weighted by Crippen LogP contribution is 2.57. The Morgan fingerprint density at radius 2 is 1.87 bits per heavy atom. The van der Waals surface area contributed by atoms with Crippen molar-refractivity contribution in [3.63, 3.8) is 0 Å². The first-order valence-electron chi connectivity index (χ1n) is 6.00. The Hall–Kier alpha value is -0.570. The van der Waals surface area contributed by atoms with Gasteiger partial charge in [0.1, 0.15) is 0 Å². The van der Waals surface area contributed by atoms with Crippen molar-refractivity contribution >= 4 is 5.91 Å². The first kappa shape index (κ1) is 9.64. The zero-order valence-corrected chi connectivity index (χ0v) is 9.25. The number of amides is 1. The van der Waals surface area contributed by atoms with Gasteiger partial charge in [0.05, 0.1) is 5.60 Å². The molecule has 0 unspecified atom stereocenters. The lowest BCUT2D eigenvalue weighted by atomic mass is 9.51. The van der Waals surface area contributed by atoms with Crippen molar-refractivity contribution in [2.75, 3.05) is 0 Å². The van der Waals surface area contributed by atoms with E-state index in [1.165, 1.54) is 6.42 Å². The van der Waals surface area contributed by atoms with Gasteiger partial charge in [-0.3, -0.25) is 4.79 Å². The Labute approximate surface area is 90.2 Å². The summed E-state index contributed by atoms with van der Waals surface area (Å²) in [6.07, 6.45) is 6.16. The minimum Gasteiger partial charge on any atom is -0.390 e. The predicted molar refractivity (Wildman–Crippen MR) is 56.2 cm³/mol. The van der Waals surface area contributed by atoms with Crippen LogP contribution < -0.4 is 5.32 Å². The summed E-state index contributed by atoms with van der Waals surface area (Å²) in [7, 11) is 0.